The molecule has 44 heavy (non-hydrogen) atoms. The minimum absolute atomic E-state index is 0.00553. The Labute approximate surface area is 263 Å². The summed E-state index contributed by atoms with van der Waals surface area (Å²) in [6, 6.07) is 18.8. The molecule has 2 rings (SSSR count). The fraction of sp³-hybridized carbons (Fsp3) is 0.400. The van der Waals surface area contributed by atoms with Crippen LogP contribution in [0, 0.1) is 0 Å². The monoisotopic (exact) mass is 605 g/mol. The number of carbonyl (C=O) groups is 3. The van der Waals surface area contributed by atoms with Crippen LogP contribution in [-0.2, 0) is 32.0 Å². The van der Waals surface area contributed by atoms with E-state index in [9.17, 15) is 14.4 Å². The molecule has 0 heterocycles. The van der Waals surface area contributed by atoms with Crippen molar-refractivity contribution in [2.24, 2.45) is 11.5 Å². The molecule has 0 aromatic heterocycles. The molecule has 0 radical (unpaired) electrons. The van der Waals surface area contributed by atoms with E-state index in [1.165, 1.54) is 12.7 Å². The van der Waals surface area contributed by atoms with Gasteiger partial charge >= 0.3 is 5.97 Å². The smallest absolute Gasteiger partial charge is 0.328 e. The average Bonchev–Trinajstić information content (AvgIpc) is 3.00. The summed E-state index contributed by atoms with van der Waals surface area (Å²) in [5.74, 6) is -1.22. The molecule has 0 bridgehead atoms. The highest BCUT2D eigenvalue weighted by molar-refractivity contribution is 5.84. The molecule has 0 aliphatic rings. The van der Waals surface area contributed by atoms with Gasteiger partial charge in [-0.25, -0.2) is 4.79 Å². The van der Waals surface area contributed by atoms with Gasteiger partial charge in [0.1, 0.15) is 6.04 Å². The number of hydrogen-bond donors (Lipinski definition) is 4. The number of ether oxygens (including phenoxy) is 1. The van der Waals surface area contributed by atoms with Gasteiger partial charge in [0.15, 0.2) is 0 Å². The van der Waals surface area contributed by atoms with E-state index < -0.39 is 17.9 Å². The summed E-state index contributed by atoms with van der Waals surface area (Å²) < 4.78 is 4.87. The first-order valence-corrected chi connectivity index (χ1v) is 15.0. The summed E-state index contributed by atoms with van der Waals surface area (Å²) in [6.07, 6.45) is 3.48. The van der Waals surface area contributed by atoms with E-state index in [-0.39, 0.29) is 24.9 Å². The van der Waals surface area contributed by atoms with E-state index in [4.69, 9.17) is 16.2 Å². The molecule has 2 atom stereocenters. The van der Waals surface area contributed by atoms with E-state index in [0.29, 0.717) is 25.9 Å². The van der Waals surface area contributed by atoms with Gasteiger partial charge in [0, 0.05) is 30.8 Å². The fourth-order valence-corrected chi connectivity index (χ4v) is 4.31. The van der Waals surface area contributed by atoms with Crippen LogP contribution in [0.3, 0.4) is 0 Å². The molecule has 2 unspecified atom stereocenters. The Bertz CT molecular complexity index is 1200. The topological polar surface area (TPSA) is 140 Å². The number of carbonyl (C=O) groups excluding carboxylic acids is 3. The molecular formula is C35H51N5O4. The van der Waals surface area contributed by atoms with Crippen molar-refractivity contribution in [2.45, 2.75) is 64.5 Å². The molecule has 6 N–H and O–H groups in total. The number of methoxy groups -OCH3 is 1. The van der Waals surface area contributed by atoms with Crippen LogP contribution >= 0.6 is 0 Å². The van der Waals surface area contributed by atoms with Crippen molar-refractivity contribution < 1.29 is 19.1 Å². The number of amides is 2. The molecule has 2 amide bonds. The van der Waals surface area contributed by atoms with Gasteiger partial charge in [0.05, 0.1) is 19.7 Å². The third-order valence-corrected chi connectivity index (χ3v) is 6.84. The first-order valence-electron chi connectivity index (χ1n) is 15.0. The van der Waals surface area contributed by atoms with Crippen LogP contribution in [-0.4, -0.2) is 61.5 Å². The maximum absolute atomic E-state index is 12.6. The zero-order valence-electron chi connectivity index (χ0n) is 26.6. The minimum Gasteiger partial charge on any atom is -0.467 e. The number of esters is 1. The van der Waals surface area contributed by atoms with Crippen molar-refractivity contribution in [1.29, 1.82) is 0 Å². The van der Waals surface area contributed by atoms with E-state index in [0.717, 1.165) is 41.8 Å². The largest absolute Gasteiger partial charge is 0.467 e. The number of nitrogens with one attached hydrogen (secondary N) is 2. The van der Waals surface area contributed by atoms with Crippen molar-refractivity contribution in [1.82, 2.24) is 15.5 Å². The Morgan fingerprint density at radius 3 is 1.80 bits per heavy atom. The highest BCUT2D eigenvalue weighted by Crippen LogP contribution is 2.14. The molecule has 0 spiro atoms. The maximum atomic E-state index is 12.6. The van der Waals surface area contributed by atoms with Gasteiger partial charge in [-0.2, -0.15) is 0 Å². The van der Waals surface area contributed by atoms with E-state index in [1.807, 2.05) is 60.4 Å². The molecule has 0 aliphatic heterocycles. The Morgan fingerprint density at radius 1 is 0.818 bits per heavy atom. The van der Waals surface area contributed by atoms with E-state index in [1.54, 1.807) is 0 Å². The average molecular weight is 606 g/mol. The standard InChI is InChI=1S/C31H42N4O4.C4H9N/c1-5-23(2)27(19-25-13-8-6-9-14-25)33-24(3)21-35(22-29(32)36)18-12-17-30(37)34-28(31(38)39-4)20-26-15-10-7-11-16-26;1-3-4(2)5/h6-11,13-16,27-28,33H,2-3,5,12,17-22H2,1,4H3,(H2,32,36)(H,34,37);2-3,5H2,1H3. The Kier molecular flexibility index (Phi) is 18.3. The lowest BCUT2D eigenvalue weighted by atomic mass is 9.98. The van der Waals surface area contributed by atoms with Crippen LogP contribution in [0.25, 0.3) is 0 Å². The zero-order chi connectivity index (χ0) is 32.9. The second kappa shape index (κ2) is 21.3. The predicted molar refractivity (Wildman–Crippen MR) is 178 cm³/mol. The summed E-state index contributed by atoms with van der Waals surface area (Å²) >= 11 is 0. The van der Waals surface area contributed by atoms with Gasteiger partial charge in [0.25, 0.3) is 0 Å². The highest BCUT2D eigenvalue weighted by Gasteiger charge is 2.22. The molecular weight excluding hydrogens is 554 g/mol. The molecule has 240 valence electrons. The maximum Gasteiger partial charge on any atom is 0.328 e. The Balaban J connectivity index is 0.00000178. The zero-order valence-corrected chi connectivity index (χ0v) is 26.6. The number of hydrogen-bond acceptors (Lipinski definition) is 7. The van der Waals surface area contributed by atoms with Gasteiger partial charge in [-0.1, -0.05) is 99.8 Å². The minimum atomic E-state index is -0.774. The van der Waals surface area contributed by atoms with Crippen LogP contribution in [0.4, 0.5) is 0 Å². The quantitative estimate of drug-likeness (QED) is 0.140. The van der Waals surface area contributed by atoms with Gasteiger partial charge in [-0.3, -0.25) is 14.5 Å². The molecule has 0 saturated carbocycles. The van der Waals surface area contributed by atoms with Crippen molar-refractivity contribution >= 4 is 17.8 Å². The lowest BCUT2D eigenvalue weighted by Gasteiger charge is -2.27. The molecule has 0 saturated heterocycles. The number of allylic oxidation sites excluding steroid dienone is 1. The Hall–Kier alpha value is -4.37. The summed E-state index contributed by atoms with van der Waals surface area (Å²) in [5, 5.41) is 6.25. The SMILES string of the molecule is C=C(CN(CCCC(=O)NC(Cc1ccccc1)C(=O)OC)CC(N)=O)NC(Cc1ccccc1)C(=C)CC.C=C(N)CC. The summed E-state index contributed by atoms with van der Waals surface area (Å²) in [4.78, 5) is 38.5. The van der Waals surface area contributed by atoms with Crippen molar-refractivity contribution in [3.8, 4) is 0 Å². The second-order valence-corrected chi connectivity index (χ2v) is 10.6. The van der Waals surface area contributed by atoms with Crippen LogP contribution in [0.5, 0.6) is 0 Å². The summed E-state index contributed by atoms with van der Waals surface area (Å²) in [5.41, 5.74) is 15.3. The van der Waals surface area contributed by atoms with Crippen LogP contribution in [0.1, 0.15) is 50.7 Å². The lowest BCUT2D eigenvalue weighted by molar-refractivity contribution is -0.145. The third-order valence-electron chi connectivity index (χ3n) is 6.84. The Morgan fingerprint density at radius 2 is 1.34 bits per heavy atom. The van der Waals surface area contributed by atoms with Crippen molar-refractivity contribution in [2.75, 3.05) is 26.7 Å². The van der Waals surface area contributed by atoms with E-state index >= 15 is 0 Å². The predicted octanol–water partition coefficient (Wildman–Crippen LogP) is 4.00. The third kappa shape index (κ3) is 16.3. The first kappa shape index (κ1) is 37.7. The van der Waals surface area contributed by atoms with Crippen LogP contribution in [0.15, 0.2) is 97.4 Å². The fourth-order valence-electron chi connectivity index (χ4n) is 4.31. The lowest BCUT2D eigenvalue weighted by Crippen LogP contribution is -2.43. The molecule has 9 heteroatoms. The van der Waals surface area contributed by atoms with Gasteiger partial charge < -0.3 is 26.8 Å². The molecule has 9 nitrogen and oxygen atoms in total. The summed E-state index contributed by atoms with van der Waals surface area (Å²) in [7, 11) is 1.30. The summed E-state index contributed by atoms with van der Waals surface area (Å²) in [6.45, 7) is 16.8. The van der Waals surface area contributed by atoms with Crippen molar-refractivity contribution in [3.05, 3.63) is 108 Å². The molecule has 0 aliphatic carbocycles. The number of nitrogens with two attached hydrogens (primary N) is 2. The van der Waals surface area contributed by atoms with Gasteiger partial charge in [-0.05, 0) is 43.4 Å². The van der Waals surface area contributed by atoms with E-state index in [2.05, 4.69) is 49.4 Å². The molecule has 2 aromatic rings. The molecule has 2 aromatic carbocycles. The van der Waals surface area contributed by atoms with Crippen LogP contribution < -0.4 is 22.1 Å². The second-order valence-electron chi connectivity index (χ2n) is 10.6. The van der Waals surface area contributed by atoms with Crippen LogP contribution in [0.2, 0.25) is 0 Å². The highest BCUT2D eigenvalue weighted by atomic mass is 16.5. The number of rotatable bonds is 19. The van der Waals surface area contributed by atoms with Gasteiger partial charge in [-0.15, -0.1) is 0 Å². The normalized spacial score (nSPS) is 11.7. The number of nitrogens with zero attached hydrogens (tertiary/aromatic N) is 1. The number of primary amides is 1. The van der Waals surface area contributed by atoms with Gasteiger partial charge in [0.2, 0.25) is 11.8 Å². The first-order chi connectivity index (χ1) is 21.0. The number of benzene rings is 2. The van der Waals surface area contributed by atoms with Crippen molar-refractivity contribution in [3.63, 3.8) is 0 Å². The molecule has 0 fully saturated rings.